The predicted molar refractivity (Wildman–Crippen MR) is 74.0 cm³/mol. The molecule has 0 amide bonds. The van der Waals surface area contributed by atoms with Crippen LogP contribution in [-0.4, -0.2) is 31.4 Å². The van der Waals surface area contributed by atoms with Gasteiger partial charge in [-0.1, -0.05) is 32.6 Å². The van der Waals surface area contributed by atoms with Crippen LogP contribution < -0.4 is 0 Å². The van der Waals surface area contributed by atoms with E-state index in [0.29, 0.717) is 24.2 Å². The van der Waals surface area contributed by atoms with Gasteiger partial charge in [-0.05, 0) is 12.8 Å². The Morgan fingerprint density at radius 2 is 2.30 bits per heavy atom. The van der Waals surface area contributed by atoms with Crippen molar-refractivity contribution in [2.75, 3.05) is 13.7 Å². The van der Waals surface area contributed by atoms with Gasteiger partial charge in [0.15, 0.2) is 0 Å². The average Bonchev–Trinajstić information content (AvgIpc) is 3.09. The molecule has 3 aliphatic rings. The maximum absolute atomic E-state index is 11.8. The average molecular weight is 280 g/mol. The molecule has 3 rings (SSSR count). The molecule has 4 atom stereocenters. The Morgan fingerprint density at radius 3 is 3.05 bits per heavy atom. The summed E-state index contributed by atoms with van der Waals surface area (Å²) in [4.78, 5) is 11.8. The summed E-state index contributed by atoms with van der Waals surface area (Å²) in [5.74, 6) is 0.344. The molecule has 1 saturated carbocycles. The summed E-state index contributed by atoms with van der Waals surface area (Å²) >= 11 is 0. The van der Waals surface area contributed by atoms with Crippen molar-refractivity contribution in [1.29, 1.82) is 0 Å². The molecule has 4 nitrogen and oxygen atoms in total. The van der Waals surface area contributed by atoms with E-state index in [9.17, 15) is 4.79 Å². The lowest BCUT2D eigenvalue weighted by Gasteiger charge is -2.31. The number of carbonyl (C=O) groups is 1. The zero-order chi connectivity index (χ0) is 14.2. The molecule has 2 aliphatic heterocycles. The first kappa shape index (κ1) is 13.9. The Bertz CT molecular complexity index is 417. The molecule has 20 heavy (non-hydrogen) atoms. The van der Waals surface area contributed by atoms with Crippen LogP contribution in [0.15, 0.2) is 11.8 Å². The predicted octanol–water partition coefficient (Wildman–Crippen LogP) is 2.82. The second-order valence-electron chi connectivity index (χ2n) is 6.22. The Hall–Kier alpha value is -1.03. The molecule has 4 heteroatoms. The number of rotatable bonds is 6. The SMILES string of the molecule is CCCCCC[C@]12OC1CC1C(C(=O)OC)=COCC12. The summed E-state index contributed by atoms with van der Waals surface area (Å²) in [5, 5.41) is 0. The number of hydrogen-bond acceptors (Lipinski definition) is 4. The molecule has 2 fully saturated rings. The summed E-state index contributed by atoms with van der Waals surface area (Å²) in [6.45, 7) is 2.90. The first-order chi connectivity index (χ1) is 9.73. The van der Waals surface area contributed by atoms with Gasteiger partial charge in [-0.15, -0.1) is 0 Å². The van der Waals surface area contributed by atoms with Crippen molar-refractivity contribution in [3.8, 4) is 0 Å². The maximum atomic E-state index is 11.8. The number of carbonyl (C=O) groups excluding carboxylic acids is 1. The largest absolute Gasteiger partial charge is 0.500 e. The molecule has 0 aromatic rings. The minimum Gasteiger partial charge on any atom is -0.500 e. The van der Waals surface area contributed by atoms with Crippen LogP contribution >= 0.6 is 0 Å². The van der Waals surface area contributed by atoms with Gasteiger partial charge in [0.2, 0.25) is 0 Å². The molecule has 0 radical (unpaired) electrons. The van der Waals surface area contributed by atoms with Crippen LogP contribution in [-0.2, 0) is 19.0 Å². The van der Waals surface area contributed by atoms with E-state index < -0.39 is 0 Å². The van der Waals surface area contributed by atoms with Crippen molar-refractivity contribution in [2.45, 2.75) is 57.2 Å². The number of hydrogen-bond donors (Lipinski definition) is 0. The van der Waals surface area contributed by atoms with E-state index in [0.717, 1.165) is 12.8 Å². The highest BCUT2D eigenvalue weighted by Crippen LogP contribution is 2.61. The van der Waals surface area contributed by atoms with Crippen LogP contribution in [0.1, 0.15) is 45.4 Å². The van der Waals surface area contributed by atoms with Crippen LogP contribution in [0.25, 0.3) is 0 Å². The van der Waals surface area contributed by atoms with Gasteiger partial charge in [0, 0.05) is 11.8 Å². The van der Waals surface area contributed by atoms with E-state index in [1.807, 2.05) is 0 Å². The van der Waals surface area contributed by atoms with Crippen molar-refractivity contribution in [1.82, 2.24) is 0 Å². The second kappa shape index (κ2) is 5.40. The van der Waals surface area contributed by atoms with E-state index in [1.165, 1.54) is 32.8 Å². The van der Waals surface area contributed by atoms with Gasteiger partial charge >= 0.3 is 5.97 Å². The molecular formula is C16H24O4. The fourth-order valence-electron chi connectivity index (χ4n) is 4.02. The van der Waals surface area contributed by atoms with Gasteiger partial charge in [-0.25, -0.2) is 4.79 Å². The van der Waals surface area contributed by atoms with Gasteiger partial charge < -0.3 is 14.2 Å². The molecule has 0 spiro atoms. The van der Waals surface area contributed by atoms with Crippen molar-refractivity contribution in [2.24, 2.45) is 11.8 Å². The smallest absolute Gasteiger partial charge is 0.337 e. The van der Waals surface area contributed by atoms with E-state index in [4.69, 9.17) is 14.2 Å². The molecule has 1 saturated heterocycles. The van der Waals surface area contributed by atoms with Crippen molar-refractivity contribution >= 4 is 5.97 Å². The van der Waals surface area contributed by atoms with Crippen LogP contribution in [0, 0.1) is 11.8 Å². The molecule has 0 aromatic heterocycles. The second-order valence-corrected chi connectivity index (χ2v) is 6.22. The molecule has 112 valence electrons. The number of epoxide rings is 1. The molecule has 3 unspecified atom stereocenters. The molecule has 2 heterocycles. The third-order valence-corrected chi connectivity index (χ3v) is 5.16. The van der Waals surface area contributed by atoms with Crippen molar-refractivity contribution < 1.29 is 19.0 Å². The highest BCUT2D eigenvalue weighted by atomic mass is 16.6. The van der Waals surface area contributed by atoms with E-state index in [-0.39, 0.29) is 17.5 Å². The number of ether oxygens (including phenoxy) is 3. The van der Waals surface area contributed by atoms with Gasteiger partial charge in [0.05, 0.1) is 31.7 Å². The fourth-order valence-corrected chi connectivity index (χ4v) is 4.02. The summed E-state index contributed by atoms with van der Waals surface area (Å²) < 4.78 is 16.4. The topological polar surface area (TPSA) is 48.1 Å². The highest BCUT2D eigenvalue weighted by molar-refractivity contribution is 5.89. The number of fused-ring (bicyclic) bond motifs is 3. The zero-order valence-corrected chi connectivity index (χ0v) is 12.4. The first-order valence-electron chi connectivity index (χ1n) is 7.80. The molecular weight excluding hydrogens is 256 g/mol. The molecule has 0 N–H and O–H groups in total. The van der Waals surface area contributed by atoms with Gasteiger partial charge in [-0.2, -0.15) is 0 Å². The lowest BCUT2D eigenvalue weighted by molar-refractivity contribution is -0.137. The zero-order valence-electron chi connectivity index (χ0n) is 12.4. The Morgan fingerprint density at radius 1 is 1.45 bits per heavy atom. The lowest BCUT2D eigenvalue weighted by atomic mass is 9.81. The maximum Gasteiger partial charge on any atom is 0.337 e. The summed E-state index contributed by atoms with van der Waals surface area (Å²) in [5.41, 5.74) is 0.693. The minimum atomic E-state index is -0.248. The van der Waals surface area contributed by atoms with Crippen LogP contribution in [0.5, 0.6) is 0 Å². The van der Waals surface area contributed by atoms with Crippen molar-refractivity contribution in [3.63, 3.8) is 0 Å². The first-order valence-corrected chi connectivity index (χ1v) is 7.80. The van der Waals surface area contributed by atoms with Crippen LogP contribution in [0.3, 0.4) is 0 Å². The Labute approximate surface area is 120 Å². The Kier molecular flexibility index (Phi) is 3.76. The Balaban J connectivity index is 1.65. The molecule has 0 bridgehead atoms. The van der Waals surface area contributed by atoms with E-state index >= 15 is 0 Å². The quantitative estimate of drug-likeness (QED) is 0.426. The summed E-state index contributed by atoms with van der Waals surface area (Å²) in [6, 6.07) is 0. The normalized spacial score (nSPS) is 37.5. The van der Waals surface area contributed by atoms with Crippen LogP contribution in [0.4, 0.5) is 0 Å². The highest BCUT2D eigenvalue weighted by Gasteiger charge is 2.69. The van der Waals surface area contributed by atoms with Crippen LogP contribution in [0.2, 0.25) is 0 Å². The van der Waals surface area contributed by atoms with E-state index in [2.05, 4.69) is 6.92 Å². The third kappa shape index (κ3) is 2.14. The van der Waals surface area contributed by atoms with Gasteiger partial charge in [0.1, 0.15) is 5.60 Å². The summed E-state index contributed by atoms with van der Waals surface area (Å²) in [6.07, 6.45) is 9.01. The van der Waals surface area contributed by atoms with Gasteiger partial charge in [-0.3, -0.25) is 0 Å². The molecule has 1 aliphatic carbocycles. The third-order valence-electron chi connectivity index (χ3n) is 5.16. The fraction of sp³-hybridized carbons (Fsp3) is 0.812. The minimum absolute atomic E-state index is 0.00800. The van der Waals surface area contributed by atoms with E-state index in [1.54, 1.807) is 6.26 Å². The van der Waals surface area contributed by atoms with Crippen molar-refractivity contribution in [3.05, 3.63) is 11.8 Å². The lowest BCUT2D eigenvalue weighted by Crippen LogP contribution is -2.35. The summed E-state index contributed by atoms with van der Waals surface area (Å²) in [7, 11) is 1.43. The molecule has 0 aromatic carbocycles. The number of unbranched alkanes of at least 4 members (excludes halogenated alkanes) is 3. The number of methoxy groups -OCH3 is 1. The number of esters is 1. The van der Waals surface area contributed by atoms with Gasteiger partial charge in [0.25, 0.3) is 0 Å². The monoisotopic (exact) mass is 280 g/mol. The standard InChI is InChI=1S/C16H24O4/c1-3-4-5-6-7-16-13-10-19-9-12(15(17)18-2)11(13)8-14(16)20-16/h9,11,13-14H,3-8,10H2,1-2H3/t11?,13?,14?,16-/m1/s1.